The average molecular weight is 271 g/mol. The highest BCUT2D eigenvalue weighted by Crippen LogP contribution is 2.44. The zero-order valence-corrected chi connectivity index (χ0v) is 10.7. The summed E-state index contributed by atoms with van der Waals surface area (Å²) < 4.78 is 0. The van der Waals surface area contributed by atoms with Gasteiger partial charge in [0.05, 0.1) is 0 Å². The molecule has 0 spiro atoms. The lowest BCUT2D eigenvalue weighted by Gasteiger charge is -2.32. The van der Waals surface area contributed by atoms with Gasteiger partial charge in [0.25, 0.3) is 0 Å². The molecule has 14 heavy (non-hydrogen) atoms. The van der Waals surface area contributed by atoms with E-state index in [0.717, 1.165) is 5.92 Å². The first-order valence-electron chi connectivity index (χ1n) is 5.09. The number of benzene rings is 1. The van der Waals surface area contributed by atoms with E-state index in [9.17, 15) is 0 Å². The molecule has 0 N–H and O–H groups in total. The predicted octanol–water partition coefficient (Wildman–Crippen LogP) is 4.26. The third-order valence-corrected chi connectivity index (χ3v) is 6.01. The Balaban J connectivity index is 2.17. The van der Waals surface area contributed by atoms with Crippen LogP contribution < -0.4 is 0 Å². The van der Waals surface area contributed by atoms with Gasteiger partial charge in [-0.15, -0.1) is 0 Å². The molecule has 1 saturated heterocycles. The molecule has 2 heteroatoms. The number of rotatable bonds is 1. The molecule has 0 amide bonds. The van der Waals surface area contributed by atoms with Gasteiger partial charge >= 0.3 is 0 Å². The van der Waals surface area contributed by atoms with Crippen LogP contribution >= 0.6 is 27.7 Å². The molecule has 0 radical (unpaired) electrons. The fourth-order valence-electron chi connectivity index (χ4n) is 1.85. The first-order valence-corrected chi connectivity index (χ1v) is 7.06. The maximum absolute atomic E-state index is 3.84. The van der Waals surface area contributed by atoms with Gasteiger partial charge in [0, 0.05) is 10.1 Å². The Kier molecular flexibility index (Phi) is 3.56. The Bertz CT molecular complexity index is 286. The minimum Gasteiger partial charge on any atom is -0.153 e. The molecular formula is C12H15BrS. The summed E-state index contributed by atoms with van der Waals surface area (Å²) in [5.74, 6) is 2.09. The molecule has 3 atom stereocenters. The van der Waals surface area contributed by atoms with E-state index in [2.05, 4.69) is 64.9 Å². The largest absolute Gasteiger partial charge is 0.153 e. The number of halogens is 1. The van der Waals surface area contributed by atoms with E-state index >= 15 is 0 Å². The Hall–Kier alpha value is 0.0500. The van der Waals surface area contributed by atoms with Gasteiger partial charge < -0.3 is 0 Å². The van der Waals surface area contributed by atoms with Crippen molar-refractivity contribution in [2.75, 3.05) is 5.75 Å². The van der Waals surface area contributed by atoms with E-state index in [1.54, 1.807) is 0 Å². The summed E-state index contributed by atoms with van der Waals surface area (Å²) in [4.78, 5) is 0.628. The van der Waals surface area contributed by atoms with Crippen molar-refractivity contribution in [2.24, 2.45) is 5.92 Å². The predicted molar refractivity (Wildman–Crippen MR) is 68.1 cm³/mol. The number of alkyl halides is 1. The minimum absolute atomic E-state index is 0.628. The van der Waals surface area contributed by atoms with Crippen molar-refractivity contribution >= 4 is 27.7 Å². The molecule has 0 nitrogen and oxygen atoms in total. The summed E-state index contributed by atoms with van der Waals surface area (Å²) in [6.07, 6.45) is 1.34. The third-order valence-electron chi connectivity index (χ3n) is 2.83. The molecular weight excluding hydrogens is 256 g/mol. The lowest BCUT2D eigenvalue weighted by Crippen LogP contribution is -2.23. The molecule has 2 rings (SSSR count). The molecule has 0 unspecified atom stereocenters. The summed E-state index contributed by atoms with van der Waals surface area (Å²) >= 11 is 5.92. The zero-order valence-electron chi connectivity index (χ0n) is 8.32. The third kappa shape index (κ3) is 2.17. The summed E-state index contributed by atoms with van der Waals surface area (Å²) in [5, 5.41) is 0.639. The molecule has 1 aliphatic heterocycles. The van der Waals surface area contributed by atoms with E-state index in [1.807, 2.05) is 0 Å². The molecule has 1 heterocycles. The SMILES string of the molecule is C[C@@H]1CCS[C@H](c2ccccc2)[C@H]1Br. The van der Waals surface area contributed by atoms with E-state index < -0.39 is 0 Å². The highest BCUT2D eigenvalue weighted by atomic mass is 79.9. The van der Waals surface area contributed by atoms with Gasteiger partial charge in [-0.2, -0.15) is 11.8 Å². The maximum atomic E-state index is 3.84. The van der Waals surface area contributed by atoms with Crippen LogP contribution in [0.1, 0.15) is 24.2 Å². The van der Waals surface area contributed by atoms with E-state index in [1.165, 1.54) is 17.7 Å². The lowest BCUT2D eigenvalue weighted by atomic mass is 9.98. The number of hydrogen-bond acceptors (Lipinski definition) is 1. The molecule has 76 valence electrons. The van der Waals surface area contributed by atoms with Crippen molar-refractivity contribution in [3.8, 4) is 0 Å². The highest BCUT2D eigenvalue weighted by Gasteiger charge is 2.29. The van der Waals surface area contributed by atoms with Crippen LogP contribution in [-0.2, 0) is 0 Å². The van der Waals surface area contributed by atoms with Crippen molar-refractivity contribution in [1.29, 1.82) is 0 Å². The van der Waals surface area contributed by atoms with Crippen molar-refractivity contribution in [3.63, 3.8) is 0 Å². The van der Waals surface area contributed by atoms with Gasteiger partial charge in [-0.1, -0.05) is 53.2 Å². The van der Waals surface area contributed by atoms with Crippen LogP contribution in [0.2, 0.25) is 0 Å². The van der Waals surface area contributed by atoms with Gasteiger partial charge in [-0.05, 0) is 23.7 Å². The second-order valence-corrected chi connectivity index (χ2v) is 6.22. The Morgan fingerprint density at radius 3 is 2.71 bits per heavy atom. The summed E-state index contributed by atoms with van der Waals surface area (Å²) in [6.45, 7) is 2.34. The number of thioether (sulfide) groups is 1. The monoisotopic (exact) mass is 270 g/mol. The summed E-state index contributed by atoms with van der Waals surface area (Å²) in [5.41, 5.74) is 1.46. The topological polar surface area (TPSA) is 0 Å². The van der Waals surface area contributed by atoms with Gasteiger partial charge in [0.1, 0.15) is 0 Å². The lowest BCUT2D eigenvalue weighted by molar-refractivity contribution is 0.521. The Labute approximate surface area is 98.6 Å². The van der Waals surface area contributed by atoms with E-state index in [-0.39, 0.29) is 0 Å². The molecule has 0 saturated carbocycles. The average Bonchev–Trinajstić information content (AvgIpc) is 2.23. The second kappa shape index (κ2) is 4.71. The van der Waals surface area contributed by atoms with E-state index in [0.29, 0.717) is 10.1 Å². The van der Waals surface area contributed by atoms with Crippen LogP contribution in [0.3, 0.4) is 0 Å². The first-order chi connectivity index (χ1) is 6.79. The Morgan fingerprint density at radius 1 is 1.29 bits per heavy atom. The zero-order chi connectivity index (χ0) is 9.97. The summed E-state index contributed by atoms with van der Waals surface area (Å²) in [6, 6.07) is 10.8. The molecule has 0 bridgehead atoms. The van der Waals surface area contributed by atoms with Gasteiger partial charge in [-0.25, -0.2) is 0 Å². The molecule has 1 fully saturated rings. The highest BCUT2D eigenvalue weighted by molar-refractivity contribution is 9.09. The maximum Gasteiger partial charge on any atom is 0.0424 e. The van der Waals surface area contributed by atoms with Crippen molar-refractivity contribution in [1.82, 2.24) is 0 Å². The van der Waals surface area contributed by atoms with Gasteiger partial charge in [0.15, 0.2) is 0 Å². The molecule has 1 aromatic rings. The molecule has 0 aromatic heterocycles. The van der Waals surface area contributed by atoms with Crippen LogP contribution in [-0.4, -0.2) is 10.6 Å². The van der Waals surface area contributed by atoms with Crippen LogP contribution in [0.5, 0.6) is 0 Å². The molecule has 1 aliphatic rings. The van der Waals surface area contributed by atoms with Crippen molar-refractivity contribution in [3.05, 3.63) is 35.9 Å². The molecule has 1 aromatic carbocycles. The quantitative estimate of drug-likeness (QED) is 0.687. The minimum atomic E-state index is 0.628. The standard InChI is InChI=1S/C12H15BrS/c1-9-7-8-14-12(11(9)13)10-5-3-2-4-6-10/h2-6,9,11-12H,7-8H2,1H3/t9-,11+,12-/m1/s1. The first kappa shape index (κ1) is 10.6. The van der Waals surface area contributed by atoms with Crippen molar-refractivity contribution in [2.45, 2.75) is 23.4 Å². The fraction of sp³-hybridized carbons (Fsp3) is 0.500. The van der Waals surface area contributed by atoms with Gasteiger partial charge in [-0.3, -0.25) is 0 Å². The van der Waals surface area contributed by atoms with E-state index in [4.69, 9.17) is 0 Å². The van der Waals surface area contributed by atoms with Crippen LogP contribution in [0, 0.1) is 5.92 Å². The van der Waals surface area contributed by atoms with Crippen molar-refractivity contribution < 1.29 is 0 Å². The van der Waals surface area contributed by atoms with Gasteiger partial charge in [0.2, 0.25) is 0 Å². The second-order valence-electron chi connectivity index (χ2n) is 3.91. The van der Waals surface area contributed by atoms with Crippen LogP contribution in [0.25, 0.3) is 0 Å². The normalized spacial score (nSPS) is 32.9. The van der Waals surface area contributed by atoms with Crippen LogP contribution in [0.4, 0.5) is 0 Å². The molecule has 0 aliphatic carbocycles. The van der Waals surface area contributed by atoms with Crippen LogP contribution in [0.15, 0.2) is 30.3 Å². The fourth-order valence-corrected chi connectivity index (χ4v) is 4.44. The Morgan fingerprint density at radius 2 is 2.00 bits per heavy atom. The summed E-state index contributed by atoms with van der Waals surface area (Å²) in [7, 11) is 0. The smallest absolute Gasteiger partial charge is 0.0424 e. The number of hydrogen-bond donors (Lipinski definition) is 0.